The zero-order valence-corrected chi connectivity index (χ0v) is 21.2. The van der Waals surface area contributed by atoms with Crippen molar-refractivity contribution in [3.05, 3.63) is 87.2 Å². The third kappa shape index (κ3) is 5.46. The van der Waals surface area contributed by atoms with Gasteiger partial charge in [-0.1, -0.05) is 11.6 Å². The molecular formula is C25H18ClF5N4O3S. The lowest BCUT2D eigenvalue weighted by atomic mass is 10.0. The molecule has 0 radical (unpaired) electrons. The van der Waals surface area contributed by atoms with Crippen molar-refractivity contribution in [1.29, 1.82) is 0 Å². The molecule has 7 nitrogen and oxygen atoms in total. The third-order valence-electron chi connectivity index (χ3n) is 6.23. The smallest absolute Gasteiger partial charge is 0.346 e. The molecule has 2 aliphatic rings. The van der Waals surface area contributed by atoms with Gasteiger partial charge in [0.2, 0.25) is 5.91 Å². The van der Waals surface area contributed by atoms with Gasteiger partial charge in [-0.05, 0) is 42.5 Å². The molecule has 14 heteroatoms. The van der Waals surface area contributed by atoms with Gasteiger partial charge >= 0.3 is 6.18 Å². The Balaban J connectivity index is 1.60. The molecule has 3 N–H and O–H groups in total. The maximum Gasteiger partial charge on any atom is 0.416 e. The summed E-state index contributed by atoms with van der Waals surface area (Å²) in [4.78, 5) is 38.8. The number of benzene rings is 2. The van der Waals surface area contributed by atoms with Crippen LogP contribution in [-0.4, -0.2) is 39.8 Å². The Labute approximate surface area is 227 Å². The van der Waals surface area contributed by atoms with Crippen molar-refractivity contribution < 1.29 is 36.3 Å². The number of rotatable bonds is 5. The van der Waals surface area contributed by atoms with Gasteiger partial charge in [0.1, 0.15) is 23.9 Å². The number of hydrogen-bond donors (Lipinski definition) is 3. The van der Waals surface area contributed by atoms with E-state index in [4.69, 9.17) is 11.6 Å². The fourth-order valence-electron chi connectivity index (χ4n) is 4.37. The maximum absolute atomic E-state index is 14.2. The number of nitrogens with one attached hydrogen (secondary N) is 3. The van der Waals surface area contributed by atoms with Crippen LogP contribution in [0.5, 0.6) is 0 Å². The van der Waals surface area contributed by atoms with E-state index in [1.165, 1.54) is 16.7 Å². The van der Waals surface area contributed by atoms with Gasteiger partial charge in [-0.3, -0.25) is 14.4 Å². The van der Waals surface area contributed by atoms with Crippen LogP contribution in [0.25, 0.3) is 0 Å². The Hall–Kier alpha value is -3.58. The van der Waals surface area contributed by atoms with Gasteiger partial charge in [0.15, 0.2) is 0 Å². The van der Waals surface area contributed by atoms with E-state index in [9.17, 15) is 36.3 Å². The minimum atomic E-state index is -4.90. The maximum atomic E-state index is 14.2. The van der Waals surface area contributed by atoms with Crippen LogP contribution in [0.4, 0.5) is 27.6 Å². The van der Waals surface area contributed by atoms with Crippen molar-refractivity contribution in [2.24, 2.45) is 0 Å². The molecule has 1 fully saturated rings. The standard InChI is InChI=1S/C25H18ClF5N4O3S/c26-17-2-1-13(27)6-16(17)21-22-18(33-23(37)11-3-12(25(29,30)31)5-14(28)4-11)7-19(35(22)8-20(36)34-21)24(38)32-15-9-39-10-15/h1-7,15,21H,8-10H2,(H,32,38)(H,33,37)(H,34,36). The molecule has 0 aliphatic carbocycles. The fraction of sp³-hybridized carbons (Fsp3) is 0.240. The lowest BCUT2D eigenvalue weighted by Crippen LogP contribution is -2.45. The monoisotopic (exact) mass is 584 g/mol. The average Bonchev–Trinajstić information content (AvgIpc) is 3.19. The van der Waals surface area contributed by atoms with Crippen LogP contribution >= 0.6 is 23.4 Å². The van der Waals surface area contributed by atoms with E-state index in [2.05, 4.69) is 16.0 Å². The van der Waals surface area contributed by atoms with Gasteiger partial charge in [-0.2, -0.15) is 24.9 Å². The van der Waals surface area contributed by atoms with E-state index in [-0.39, 0.29) is 46.3 Å². The topological polar surface area (TPSA) is 92.2 Å². The van der Waals surface area contributed by atoms with Gasteiger partial charge in [-0.25, -0.2) is 8.78 Å². The molecule has 0 spiro atoms. The molecule has 1 aromatic heterocycles. The highest BCUT2D eigenvalue weighted by Gasteiger charge is 2.36. The number of carbonyl (C=O) groups excluding carboxylic acids is 3. The van der Waals surface area contributed by atoms with Crippen LogP contribution < -0.4 is 16.0 Å². The molecule has 0 bridgehead atoms. The molecule has 3 aromatic rings. The molecule has 1 saturated heterocycles. The van der Waals surface area contributed by atoms with Crippen LogP contribution in [0.1, 0.15) is 43.7 Å². The van der Waals surface area contributed by atoms with E-state index in [1.54, 1.807) is 11.8 Å². The SMILES string of the molecule is O=C1Cn2c(C(=O)NC3CSC3)cc(NC(=O)c3cc(F)cc(C(F)(F)F)c3)c2C(c2cc(F)ccc2Cl)N1. The summed E-state index contributed by atoms with van der Waals surface area (Å²) in [5, 5.41) is 7.98. The first-order chi connectivity index (χ1) is 18.4. The van der Waals surface area contributed by atoms with Crippen LogP contribution in [0.3, 0.4) is 0 Å². The van der Waals surface area contributed by atoms with Gasteiger partial charge in [0.05, 0.1) is 23.0 Å². The summed E-state index contributed by atoms with van der Waals surface area (Å²) in [7, 11) is 0. The van der Waals surface area contributed by atoms with Crippen molar-refractivity contribution in [1.82, 2.24) is 15.2 Å². The molecule has 2 aliphatic heterocycles. The van der Waals surface area contributed by atoms with Crippen molar-refractivity contribution in [2.75, 3.05) is 16.8 Å². The summed E-state index contributed by atoms with van der Waals surface area (Å²) < 4.78 is 69.1. The lowest BCUT2D eigenvalue weighted by Gasteiger charge is -2.30. The fourth-order valence-corrected chi connectivity index (χ4v) is 5.24. The Morgan fingerprint density at radius 1 is 1.03 bits per heavy atom. The van der Waals surface area contributed by atoms with Crippen molar-refractivity contribution >= 4 is 46.8 Å². The van der Waals surface area contributed by atoms with Crippen LogP contribution in [-0.2, 0) is 17.5 Å². The number of aromatic nitrogens is 1. The average molecular weight is 585 g/mol. The van der Waals surface area contributed by atoms with Crippen molar-refractivity contribution in [3.63, 3.8) is 0 Å². The van der Waals surface area contributed by atoms with E-state index in [0.717, 1.165) is 12.1 Å². The Morgan fingerprint density at radius 3 is 2.44 bits per heavy atom. The molecule has 1 atom stereocenters. The van der Waals surface area contributed by atoms with Gasteiger partial charge in [0, 0.05) is 33.7 Å². The number of anilines is 1. The predicted molar refractivity (Wildman–Crippen MR) is 134 cm³/mol. The van der Waals surface area contributed by atoms with Crippen molar-refractivity contribution in [2.45, 2.75) is 24.8 Å². The first kappa shape index (κ1) is 27.0. The molecule has 1 unspecified atom stereocenters. The highest BCUT2D eigenvalue weighted by molar-refractivity contribution is 8.00. The number of nitrogens with zero attached hydrogens (tertiary/aromatic N) is 1. The minimum Gasteiger partial charge on any atom is -0.346 e. The lowest BCUT2D eigenvalue weighted by molar-refractivity contribution is -0.137. The van der Waals surface area contributed by atoms with E-state index in [0.29, 0.717) is 23.6 Å². The highest BCUT2D eigenvalue weighted by atomic mass is 35.5. The van der Waals surface area contributed by atoms with Gasteiger partial charge in [0.25, 0.3) is 11.8 Å². The van der Waals surface area contributed by atoms with Crippen molar-refractivity contribution in [3.8, 4) is 0 Å². The number of amides is 3. The third-order valence-corrected chi connectivity index (χ3v) is 7.85. The van der Waals surface area contributed by atoms with E-state index < -0.39 is 52.7 Å². The largest absolute Gasteiger partial charge is 0.416 e. The summed E-state index contributed by atoms with van der Waals surface area (Å²) in [6, 6.07) is 4.86. The van der Waals surface area contributed by atoms with Crippen LogP contribution in [0.15, 0.2) is 42.5 Å². The molecule has 39 heavy (non-hydrogen) atoms. The first-order valence-corrected chi connectivity index (χ1v) is 13.0. The summed E-state index contributed by atoms with van der Waals surface area (Å²) >= 11 is 7.92. The second kappa shape index (κ2) is 10.2. The highest BCUT2D eigenvalue weighted by Crippen LogP contribution is 2.38. The number of hydrogen-bond acceptors (Lipinski definition) is 4. The number of alkyl halides is 3. The van der Waals surface area contributed by atoms with Gasteiger partial charge < -0.3 is 20.5 Å². The Morgan fingerprint density at radius 2 is 1.77 bits per heavy atom. The van der Waals surface area contributed by atoms with E-state index in [1.807, 2.05) is 0 Å². The number of carbonyl (C=O) groups is 3. The van der Waals surface area contributed by atoms with Crippen LogP contribution in [0.2, 0.25) is 5.02 Å². The van der Waals surface area contributed by atoms with Crippen LogP contribution in [0, 0.1) is 11.6 Å². The minimum absolute atomic E-state index is 0.0141. The summed E-state index contributed by atoms with van der Waals surface area (Å²) in [6.45, 7) is -0.338. The summed E-state index contributed by atoms with van der Waals surface area (Å²) in [5.74, 6) is -2.75. The van der Waals surface area contributed by atoms with Gasteiger partial charge in [-0.15, -0.1) is 0 Å². The number of halogens is 6. The Kier molecular flexibility index (Phi) is 7.06. The predicted octanol–water partition coefficient (Wildman–Crippen LogP) is 4.76. The summed E-state index contributed by atoms with van der Waals surface area (Å²) in [5.41, 5.74) is -1.80. The van der Waals surface area contributed by atoms with E-state index >= 15 is 0 Å². The first-order valence-electron chi connectivity index (χ1n) is 11.5. The molecule has 3 amide bonds. The zero-order chi connectivity index (χ0) is 28.1. The molecule has 204 valence electrons. The zero-order valence-electron chi connectivity index (χ0n) is 19.7. The normalized spacial score (nSPS) is 17.2. The second-order valence-corrected chi connectivity index (χ2v) is 10.5. The number of fused-ring (bicyclic) bond motifs is 1. The Bertz CT molecular complexity index is 1510. The molecule has 0 saturated carbocycles. The quantitative estimate of drug-likeness (QED) is 0.377. The molecule has 5 rings (SSSR count). The molecule has 2 aromatic carbocycles. The molecular weight excluding hydrogens is 567 g/mol. The number of thioether (sulfide) groups is 1. The molecule has 3 heterocycles. The summed E-state index contributed by atoms with van der Waals surface area (Å²) in [6.07, 6.45) is -4.90. The second-order valence-electron chi connectivity index (χ2n) is 8.97.